The molecule has 1 aromatic rings. The van der Waals surface area contributed by atoms with E-state index in [-0.39, 0.29) is 0 Å². The molecule has 1 aromatic carbocycles. The van der Waals surface area contributed by atoms with Crippen LogP contribution in [0.4, 0.5) is 0 Å². The summed E-state index contributed by atoms with van der Waals surface area (Å²) in [6, 6.07) is 5.73. The number of hydrogen-bond acceptors (Lipinski definition) is 1. The molecule has 0 aromatic heterocycles. The number of allylic oxidation sites excluding steroid dienone is 1. The van der Waals surface area contributed by atoms with E-state index in [2.05, 4.69) is 6.08 Å². The maximum absolute atomic E-state index is 5.85. The second-order valence-corrected chi connectivity index (χ2v) is 3.18. The summed E-state index contributed by atoms with van der Waals surface area (Å²) in [5, 5.41) is 0.771. The molecule has 0 saturated carbocycles. The van der Waals surface area contributed by atoms with Crippen LogP contribution in [-0.2, 0) is 6.42 Å². The highest BCUT2D eigenvalue weighted by molar-refractivity contribution is 6.30. The van der Waals surface area contributed by atoms with Crippen molar-refractivity contribution in [2.75, 3.05) is 6.61 Å². The fourth-order valence-electron chi connectivity index (χ4n) is 1.26. The van der Waals surface area contributed by atoms with Crippen LogP contribution in [0.25, 0.3) is 0 Å². The Hall–Kier alpha value is -0.950. The van der Waals surface area contributed by atoms with E-state index in [9.17, 15) is 0 Å². The van der Waals surface area contributed by atoms with Gasteiger partial charge in [0.15, 0.2) is 0 Å². The fraction of sp³-hybridized carbons (Fsp3) is 0.200. The number of hydrogen-bond donors (Lipinski definition) is 0. The van der Waals surface area contributed by atoms with Crippen LogP contribution in [0.3, 0.4) is 0 Å². The third kappa shape index (κ3) is 1.46. The van der Waals surface area contributed by atoms with E-state index >= 15 is 0 Å². The first-order valence-corrected chi connectivity index (χ1v) is 4.30. The molecule has 1 aliphatic rings. The van der Waals surface area contributed by atoms with E-state index in [1.165, 1.54) is 0 Å². The molecule has 1 nitrogen and oxygen atoms in total. The Balaban J connectivity index is 2.42. The standard InChI is InChI=1S/C10H9ClO/c11-9-4-5-10-8(7-9)3-1-2-6-12-10/h1-2,4-5,7H,3,6H2. The van der Waals surface area contributed by atoms with Crippen LogP contribution >= 0.6 is 11.6 Å². The lowest BCUT2D eigenvalue weighted by Gasteiger charge is -2.05. The Morgan fingerprint density at radius 1 is 1.25 bits per heavy atom. The highest BCUT2D eigenvalue weighted by Gasteiger charge is 2.04. The maximum atomic E-state index is 5.85. The summed E-state index contributed by atoms with van der Waals surface area (Å²) in [6.45, 7) is 0.661. The third-order valence-corrected chi connectivity index (χ3v) is 2.10. The lowest BCUT2D eigenvalue weighted by Crippen LogP contribution is -1.93. The molecule has 0 bridgehead atoms. The van der Waals surface area contributed by atoms with Gasteiger partial charge in [0.25, 0.3) is 0 Å². The zero-order valence-corrected chi connectivity index (χ0v) is 7.34. The van der Waals surface area contributed by atoms with Crippen LogP contribution in [0.1, 0.15) is 5.56 Å². The summed E-state index contributed by atoms with van der Waals surface area (Å²) in [4.78, 5) is 0. The largest absolute Gasteiger partial charge is 0.489 e. The molecule has 0 saturated heterocycles. The summed E-state index contributed by atoms with van der Waals surface area (Å²) in [7, 11) is 0. The van der Waals surface area contributed by atoms with Gasteiger partial charge in [-0.1, -0.05) is 23.8 Å². The van der Waals surface area contributed by atoms with Crippen LogP contribution in [0.2, 0.25) is 5.02 Å². The highest BCUT2D eigenvalue weighted by atomic mass is 35.5. The average Bonchev–Trinajstić information content (AvgIpc) is 2.28. The van der Waals surface area contributed by atoms with Crippen molar-refractivity contribution in [2.24, 2.45) is 0 Å². The van der Waals surface area contributed by atoms with Gasteiger partial charge in [-0.05, 0) is 30.2 Å². The van der Waals surface area contributed by atoms with Gasteiger partial charge in [0.05, 0.1) is 0 Å². The lowest BCUT2D eigenvalue weighted by atomic mass is 10.1. The molecule has 1 heterocycles. The molecule has 2 rings (SSSR count). The monoisotopic (exact) mass is 180 g/mol. The normalized spacial score (nSPS) is 14.8. The van der Waals surface area contributed by atoms with Gasteiger partial charge in [-0.25, -0.2) is 0 Å². The predicted octanol–water partition coefficient (Wildman–Crippen LogP) is 2.83. The van der Waals surface area contributed by atoms with Crippen molar-refractivity contribution in [1.82, 2.24) is 0 Å². The zero-order valence-electron chi connectivity index (χ0n) is 6.59. The Kier molecular flexibility index (Phi) is 2.05. The molecule has 0 atom stereocenters. The summed E-state index contributed by atoms with van der Waals surface area (Å²) < 4.78 is 5.46. The smallest absolute Gasteiger partial charge is 0.123 e. The van der Waals surface area contributed by atoms with Crippen molar-refractivity contribution in [2.45, 2.75) is 6.42 Å². The van der Waals surface area contributed by atoms with E-state index in [0.29, 0.717) is 6.61 Å². The molecule has 62 valence electrons. The maximum Gasteiger partial charge on any atom is 0.123 e. The van der Waals surface area contributed by atoms with Crippen LogP contribution in [0, 0.1) is 0 Å². The molecule has 12 heavy (non-hydrogen) atoms. The molecule has 0 spiro atoms. The number of halogens is 1. The molecule has 2 heteroatoms. The third-order valence-electron chi connectivity index (χ3n) is 1.86. The molecular formula is C10H9ClO. The first-order valence-electron chi connectivity index (χ1n) is 3.92. The minimum atomic E-state index is 0.661. The van der Waals surface area contributed by atoms with E-state index in [1.807, 2.05) is 24.3 Å². The van der Waals surface area contributed by atoms with E-state index < -0.39 is 0 Å². The van der Waals surface area contributed by atoms with Gasteiger partial charge in [-0.2, -0.15) is 0 Å². The van der Waals surface area contributed by atoms with Gasteiger partial charge in [0, 0.05) is 5.02 Å². The summed E-state index contributed by atoms with van der Waals surface area (Å²) in [5.74, 6) is 0.949. The summed E-state index contributed by atoms with van der Waals surface area (Å²) in [5.41, 5.74) is 1.16. The molecule has 0 fully saturated rings. The summed E-state index contributed by atoms with van der Waals surface area (Å²) in [6.07, 6.45) is 5.03. The number of fused-ring (bicyclic) bond motifs is 1. The first kappa shape index (κ1) is 7.69. The minimum absolute atomic E-state index is 0.661. The molecule has 0 amide bonds. The van der Waals surface area contributed by atoms with Gasteiger partial charge in [0.1, 0.15) is 12.4 Å². The van der Waals surface area contributed by atoms with Gasteiger partial charge in [-0.3, -0.25) is 0 Å². The lowest BCUT2D eigenvalue weighted by molar-refractivity contribution is 0.362. The number of ether oxygens (including phenoxy) is 1. The van der Waals surface area contributed by atoms with Crippen LogP contribution in [0.15, 0.2) is 30.4 Å². The second kappa shape index (κ2) is 3.20. The Labute approximate surface area is 76.6 Å². The number of benzene rings is 1. The van der Waals surface area contributed by atoms with Crippen molar-refractivity contribution in [3.63, 3.8) is 0 Å². The fourth-order valence-corrected chi connectivity index (χ4v) is 1.46. The summed E-state index contributed by atoms with van der Waals surface area (Å²) >= 11 is 5.85. The van der Waals surface area contributed by atoms with E-state index in [4.69, 9.17) is 16.3 Å². The van der Waals surface area contributed by atoms with Gasteiger partial charge >= 0.3 is 0 Å². The molecule has 0 N–H and O–H groups in total. The van der Waals surface area contributed by atoms with Gasteiger partial charge in [0.2, 0.25) is 0 Å². The first-order chi connectivity index (χ1) is 5.86. The molecule has 1 aliphatic heterocycles. The van der Waals surface area contributed by atoms with Crippen molar-refractivity contribution >= 4 is 11.6 Å². The quantitative estimate of drug-likeness (QED) is 0.558. The second-order valence-electron chi connectivity index (χ2n) is 2.74. The van der Waals surface area contributed by atoms with Crippen LogP contribution in [-0.4, -0.2) is 6.61 Å². The van der Waals surface area contributed by atoms with Gasteiger partial charge < -0.3 is 4.74 Å². The Morgan fingerprint density at radius 2 is 2.17 bits per heavy atom. The van der Waals surface area contributed by atoms with Crippen molar-refractivity contribution in [3.05, 3.63) is 40.9 Å². The van der Waals surface area contributed by atoms with Crippen molar-refractivity contribution < 1.29 is 4.74 Å². The van der Waals surface area contributed by atoms with Gasteiger partial charge in [-0.15, -0.1) is 0 Å². The highest BCUT2D eigenvalue weighted by Crippen LogP contribution is 2.24. The van der Waals surface area contributed by atoms with Crippen molar-refractivity contribution in [1.29, 1.82) is 0 Å². The predicted molar refractivity (Wildman–Crippen MR) is 49.8 cm³/mol. The molecule has 0 unspecified atom stereocenters. The molecule has 0 aliphatic carbocycles. The Morgan fingerprint density at radius 3 is 3.08 bits per heavy atom. The average molecular weight is 181 g/mol. The molecule has 0 radical (unpaired) electrons. The van der Waals surface area contributed by atoms with Crippen molar-refractivity contribution in [3.8, 4) is 5.75 Å². The van der Waals surface area contributed by atoms with E-state index in [0.717, 1.165) is 22.8 Å². The van der Waals surface area contributed by atoms with Crippen LogP contribution < -0.4 is 4.74 Å². The SMILES string of the molecule is Clc1ccc2c(c1)CC=CCO2. The Bertz CT molecular complexity index is 318. The zero-order chi connectivity index (χ0) is 8.39. The minimum Gasteiger partial charge on any atom is -0.489 e. The molecular weight excluding hydrogens is 172 g/mol. The van der Waals surface area contributed by atoms with E-state index in [1.54, 1.807) is 0 Å². The van der Waals surface area contributed by atoms with Crippen LogP contribution in [0.5, 0.6) is 5.75 Å². The number of rotatable bonds is 0. The topological polar surface area (TPSA) is 9.23 Å².